The summed E-state index contributed by atoms with van der Waals surface area (Å²) >= 11 is 0. The number of benzene rings is 1. The second-order valence-electron chi connectivity index (χ2n) is 7.45. The maximum atomic E-state index is 12.8. The van der Waals surface area contributed by atoms with Gasteiger partial charge in [-0.1, -0.05) is 30.3 Å². The second kappa shape index (κ2) is 10.2. The third kappa shape index (κ3) is 5.88. The van der Waals surface area contributed by atoms with E-state index in [1.807, 2.05) is 37.4 Å². The molecule has 0 bridgehead atoms. The molecule has 0 unspecified atom stereocenters. The quantitative estimate of drug-likeness (QED) is 0.606. The number of nitrogens with zero attached hydrogens (tertiary/aromatic N) is 4. The summed E-state index contributed by atoms with van der Waals surface area (Å²) in [6.07, 6.45) is 3.07. The predicted molar refractivity (Wildman–Crippen MR) is 115 cm³/mol. The largest absolute Gasteiger partial charge is 0.343 e. The second-order valence-corrected chi connectivity index (χ2v) is 9.38. The molecule has 1 aromatic rings. The summed E-state index contributed by atoms with van der Waals surface area (Å²) < 4.78 is 28.6. The first-order valence-electron chi connectivity index (χ1n) is 10.1. The van der Waals surface area contributed by atoms with Crippen molar-refractivity contribution in [3.63, 3.8) is 0 Å². The minimum atomic E-state index is -3.49. The van der Waals surface area contributed by atoms with E-state index in [4.69, 9.17) is 0 Å². The number of hydrogen-bond acceptors (Lipinski definition) is 5. The Morgan fingerprint density at radius 1 is 0.933 bits per heavy atom. The van der Waals surface area contributed by atoms with Crippen LogP contribution in [0.5, 0.6) is 0 Å². The van der Waals surface area contributed by atoms with Crippen molar-refractivity contribution in [1.29, 1.82) is 0 Å². The molecule has 0 radical (unpaired) electrons. The minimum Gasteiger partial charge on any atom is -0.343 e. The third-order valence-corrected chi connectivity index (χ3v) is 7.38. The Bertz CT molecular complexity index is 858. The molecule has 1 N–H and O–H groups in total. The van der Waals surface area contributed by atoms with Crippen LogP contribution >= 0.6 is 0 Å². The van der Waals surface area contributed by atoms with Gasteiger partial charge in [-0.15, -0.1) is 0 Å². The summed E-state index contributed by atoms with van der Waals surface area (Å²) in [4.78, 5) is 28.0. The van der Waals surface area contributed by atoms with Gasteiger partial charge in [0.1, 0.15) is 0 Å². The number of carbonyl (C=O) groups is 2. The highest BCUT2D eigenvalue weighted by molar-refractivity contribution is 7.86. The molecule has 30 heavy (non-hydrogen) atoms. The average molecular weight is 436 g/mol. The number of nitrogens with one attached hydrogen (secondary N) is 1. The number of hydrogen-bond donors (Lipinski definition) is 1. The van der Waals surface area contributed by atoms with Gasteiger partial charge in [0, 0.05) is 58.4 Å². The Hall–Kier alpha value is -2.27. The van der Waals surface area contributed by atoms with E-state index in [0.29, 0.717) is 26.2 Å². The van der Waals surface area contributed by atoms with E-state index in [9.17, 15) is 18.0 Å². The fraction of sp³-hybridized carbons (Fsp3) is 0.500. The Labute approximate surface area is 178 Å². The number of amides is 2. The smallest absolute Gasteiger partial charge is 0.282 e. The lowest BCUT2D eigenvalue weighted by Gasteiger charge is -2.39. The minimum absolute atomic E-state index is 0.108. The zero-order chi connectivity index (χ0) is 21.6. The highest BCUT2D eigenvalue weighted by Crippen LogP contribution is 2.14. The van der Waals surface area contributed by atoms with E-state index in [-0.39, 0.29) is 31.4 Å². The molecule has 2 saturated heterocycles. The topological polar surface area (TPSA) is 93.3 Å². The molecule has 0 spiro atoms. The number of carbonyl (C=O) groups excluding carboxylic acids is 2. The van der Waals surface area contributed by atoms with Gasteiger partial charge in [0.05, 0.1) is 6.54 Å². The van der Waals surface area contributed by atoms with Gasteiger partial charge >= 0.3 is 0 Å². The van der Waals surface area contributed by atoms with E-state index >= 15 is 0 Å². The zero-order valence-corrected chi connectivity index (χ0v) is 18.1. The molecule has 0 aliphatic carbocycles. The standard InChI is InChI=1S/C20H29N5O4S/c1-22-9-13-24(14-10-22)30(28,29)25-15-11-23(12-16-25)20(27)17-21-19(26)8-7-18-5-3-2-4-6-18/h2-8H,9-17H2,1H3,(H,21,26)/b8-7+. The molecule has 2 fully saturated rings. The molecule has 2 aliphatic rings. The zero-order valence-electron chi connectivity index (χ0n) is 17.2. The van der Waals surface area contributed by atoms with Crippen LogP contribution in [-0.4, -0.2) is 105 Å². The van der Waals surface area contributed by atoms with Crippen LogP contribution in [0, 0.1) is 0 Å². The number of piperazine rings is 2. The van der Waals surface area contributed by atoms with Crippen LogP contribution in [0.4, 0.5) is 0 Å². The Morgan fingerprint density at radius 3 is 2.10 bits per heavy atom. The molecule has 164 valence electrons. The molecule has 1 aromatic carbocycles. The van der Waals surface area contributed by atoms with Gasteiger partial charge in [0.15, 0.2) is 0 Å². The average Bonchev–Trinajstić information content (AvgIpc) is 2.77. The van der Waals surface area contributed by atoms with Gasteiger partial charge in [-0.05, 0) is 18.7 Å². The molecule has 2 heterocycles. The normalized spacial score (nSPS) is 19.8. The summed E-state index contributed by atoms with van der Waals surface area (Å²) in [5.74, 6) is -0.559. The van der Waals surface area contributed by atoms with Gasteiger partial charge < -0.3 is 15.1 Å². The fourth-order valence-electron chi connectivity index (χ4n) is 3.42. The van der Waals surface area contributed by atoms with Crippen molar-refractivity contribution in [2.75, 3.05) is 66.0 Å². The lowest BCUT2D eigenvalue weighted by molar-refractivity contribution is -0.133. The monoisotopic (exact) mass is 435 g/mol. The van der Waals surface area contributed by atoms with Crippen LogP contribution in [0.3, 0.4) is 0 Å². The van der Waals surface area contributed by atoms with E-state index in [2.05, 4.69) is 10.2 Å². The maximum absolute atomic E-state index is 12.8. The van der Waals surface area contributed by atoms with Gasteiger partial charge in [0.25, 0.3) is 10.2 Å². The van der Waals surface area contributed by atoms with Crippen molar-refractivity contribution in [2.24, 2.45) is 0 Å². The van der Waals surface area contributed by atoms with Crippen LogP contribution < -0.4 is 5.32 Å². The molecule has 0 saturated carbocycles. The first kappa shape index (κ1) is 22.4. The van der Waals surface area contributed by atoms with Gasteiger partial charge in [-0.2, -0.15) is 17.0 Å². The Balaban J connectivity index is 1.42. The van der Waals surface area contributed by atoms with Crippen molar-refractivity contribution in [1.82, 2.24) is 23.7 Å². The fourth-order valence-corrected chi connectivity index (χ4v) is 5.00. The van der Waals surface area contributed by atoms with Crippen molar-refractivity contribution in [3.05, 3.63) is 42.0 Å². The summed E-state index contributed by atoms with van der Waals surface area (Å²) in [5, 5.41) is 2.59. The lowest BCUT2D eigenvalue weighted by Crippen LogP contribution is -2.57. The number of likely N-dealkylation sites (N-methyl/N-ethyl adjacent to an activating group) is 1. The molecule has 3 rings (SSSR count). The van der Waals surface area contributed by atoms with Crippen molar-refractivity contribution in [3.8, 4) is 0 Å². The van der Waals surface area contributed by atoms with Gasteiger partial charge in [0.2, 0.25) is 11.8 Å². The van der Waals surface area contributed by atoms with Crippen molar-refractivity contribution >= 4 is 28.1 Å². The molecule has 2 amide bonds. The van der Waals surface area contributed by atoms with Gasteiger partial charge in [-0.3, -0.25) is 9.59 Å². The molecule has 9 nitrogen and oxygen atoms in total. The van der Waals surface area contributed by atoms with E-state index in [1.54, 1.807) is 11.0 Å². The third-order valence-electron chi connectivity index (χ3n) is 5.35. The van der Waals surface area contributed by atoms with Crippen LogP contribution in [0.2, 0.25) is 0 Å². The molecular weight excluding hydrogens is 406 g/mol. The Kier molecular flexibility index (Phi) is 7.59. The SMILES string of the molecule is CN1CCN(S(=O)(=O)N2CCN(C(=O)CNC(=O)/C=C/c3ccccc3)CC2)CC1. The highest BCUT2D eigenvalue weighted by Gasteiger charge is 2.34. The van der Waals surface area contributed by atoms with E-state index in [1.165, 1.54) is 14.7 Å². The van der Waals surface area contributed by atoms with E-state index < -0.39 is 10.2 Å². The van der Waals surface area contributed by atoms with E-state index in [0.717, 1.165) is 18.7 Å². The molecule has 0 aromatic heterocycles. The van der Waals surface area contributed by atoms with Crippen LogP contribution in [0.15, 0.2) is 36.4 Å². The first-order chi connectivity index (χ1) is 14.4. The summed E-state index contributed by atoms with van der Waals surface area (Å²) in [6, 6.07) is 9.41. The molecule has 10 heteroatoms. The summed E-state index contributed by atoms with van der Waals surface area (Å²) in [7, 11) is -1.52. The van der Waals surface area contributed by atoms with Crippen LogP contribution in [0.1, 0.15) is 5.56 Å². The first-order valence-corrected chi connectivity index (χ1v) is 11.5. The number of rotatable bonds is 6. The van der Waals surface area contributed by atoms with Crippen LogP contribution in [0.25, 0.3) is 6.08 Å². The van der Waals surface area contributed by atoms with Crippen molar-refractivity contribution < 1.29 is 18.0 Å². The van der Waals surface area contributed by atoms with Crippen molar-refractivity contribution in [2.45, 2.75) is 0 Å². The predicted octanol–water partition coefficient (Wildman–Crippen LogP) is -0.548. The van der Waals surface area contributed by atoms with Gasteiger partial charge in [-0.25, -0.2) is 0 Å². The molecule has 2 aliphatic heterocycles. The van der Waals surface area contributed by atoms with Crippen LogP contribution in [-0.2, 0) is 19.8 Å². The highest BCUT2D eigenvalue weighted by atomic mass is 32.2. The lowest BCUT2D eigenvalue weighted by atomic mass is 10.2. The Morgan fingerprint density at radius 2 is 1.50 bits per heavy atom. The molecular formula is C20H29N5O4S. The summed E-state index contributed by atoms with van der Waals surface area (Å²) in [5.41, 5.74) is 0.900. The maximum Gasteiger partial charge on any atom is 0.282 e. The summed E-state index contributed by atoms with van der Waals surface area (Å²) in [6.45, 7) is 3.48. The molecule has 0 atom stereocenters.